The number of fused-ring (bicyclic) bond motifs is 1. The summed E-state index contributed by atoms with van der Waals surface area (Å²) < 4.78 is 0. The van der Waals surface area contributed by atoms with E-state index >= 15 is 0 Å². The van der Waals surface area contributed by atoms with E-state index in [-0.39, 0.29) is 0 Å². The maximum atomic E-state index is 5.68. The van der Waals surface area contributed by atoms with Crippen molar-refractivity contribution in [2.24, 2.45) is 0 Å². The number of rotatable bonds is 4. The molecular weight excluding hydrogens is 320 g/mol. The average Bonchev–Trinajstić information content (AvgIpc) is 3.06. The molecule has 0 spiro atoms. The van der Waals surface area contributed by atoms with Gasteiger partial charge >= 0.3 is 0 Å². The lowest BCUT2D eigenvalue weighted by Gasteiger charge is -2.05. The third kappa shape index (κ3) is 2.89. The zero-order valence-electron chi connectivity index (χ0n) is 12.7. The van der Waals surface area contributed by atoms with Crippen LogP contribution in [0.2, 0.25) is 0 Å². The van der Waals surface area contributed by atoms with Gasteiger partial charge in [0.1, 0.15) is 28.6 Å². The molecule has 24 heavy (non-hydrogen) atoms. The molecule has 3 N–H and O–H groups in total. The first-order chi connectivity index (χ1) is 11.8. The Morgan fingerprint density at radius 3 is 2.75 bits per heavy atom. The van der Waals surface area contributed by atoms with Crippen LogP contribution in [0.5, 0.6) is 0 Å². The quantitative estimate of drug-likeness (QED) is 0.595. The van der Waals surface area contributed by atoms with Gasteiger partial charge in [-0.1, -0.05) is 30.3 Å². The van der Waals surface area contributed by atoms with E-state index in [4.69, 9.17) is 5.73 Å². The molecule has 0 unspecified atom stereocenters. The first-order valence-electron chi connectivity index (χ1n) is 7.41. The lowest BCUT2D eigenvalue weighted by molar-refractivity contribution is 0.947. The highest BCUT2D eigenvalue weighted by atomic mass is 32.1. The molecular formula is C17H14N6S. The molecule has 0 amide bonds. The highest BCUT2D eigenvalue weighted by Crippen LogP contribution is 2.34. The van der Waals surface area contributed by atoms with Gasteiger partial charge in [0.05, 0.1) is 11.9 Å². The molecule has 0 fully saturated rings. The van der Waals surface area contributed by atoms with Crippen molar-refractivity contribution >= 4 is 33.2 Å². The normalized spacial score (nSPS) is 10.8. The van der Waals surface area contributed by atoms with Gasteiger partial charge in [-0.2, -0.15) is 0 Å². The van der Waals surface area contributed by atoms with Crippen LogP contribution < -0.4 is 11.1 Å². The van der Waals surface area contributed by atoms with Crippen molar-refractivity contribution in [1.29, 1.82) is 0 Å². The summed E-state index contributed by atoms with van der Waals surface area (Å²) in [5.41, 5.74) is 6.85. The summed E-state index contributed by atoms with van der Waals surface area (Å²) >= 11 is 1.65. The van der Waals surface area contributed by atoms with Gasteiger partial charge in [0.15, 0.2) is 0 Å². The largest absolute Gasteiger partial charge is 0.384 e. The first kappa shape index (κ1) is 14.5. The SMILES string of the molecule is Nc1ccnc(CNc2ncnc3sc(-c4ccccc4)cc23)n1. The van der Waals surface area contributed by atoms with Crippen molar-refractivity contribution < 1.29 is 0 Å². The van der Waals surface area contributed by atoms with Crippen LogP contribution in [-0.2, 0) is 6.54 Å². The predicted molar refractivity (Wildman–Crippen MR) is 96.6 cm³/mol. The first-order valence-corrected chi connectivity index (χ1v) is 8.22. The summed E-state index contributed by atoms with van der Waals surface area (Å²) in [6.07, 6.45) is 3.21. The van der Waals surface area contributed by atoms with Crippen molar-refractivity contribution in [1.82, 2.24) is 19.9 Å². The molecule has 1 aromatic carbocycles. The Labute approximate surface area is 142 Å². The summed E-state index contributed by atoms with van der Waals surface area (Å²) in [4.78, 5) is 19.2. The maximum absolute atomic E-state index is 5.68. The number of benzene rings is 1. The van der Waals surface area contributed by atoms with Crippen LogP contribution in [0.3, 0.4) is 0 Å². The smallest absolute Gasteiger partial charge is 0.149 e. The van der Waals surface area contributed by atoms with Crippen LogP contribution >= 0.6 is 11.3 Å². The summed E-state index contributed by atoms with van der Waals surface area (Å²) in [7, 11) is 0. The summed E-state index contributed by atoms with van der Waals surface area (Å²) in [6.45, 7) is 0.452. The number of hydrogen-bond acceptors (Lipinski definition) is 7. The molecule has 0 aliphatic heterocycles. The monoisotopic (exact) mass is 334 g/mol. The maximum Gasteiger partial charge on any atom is 0.149 e. The van der Waals surface area contributed by atoms with Crippen LogP contribution in [0.1, 0.15) is 5.82 Å². The molecule has 0 radical (unpaired) electrons. The average molecular weight is 334 g/mol. The second kappa shape index (κ2) is 6.21. The molecule has 4 aromatic rings. The molecule has 0 saturated heterocycles. The highest BCUT2D eigenvalue weighted by molar-refractivity contribution is 7.21. The Bertz CT molecular complexity index is 983. The Balaban J connectivity index is 1.65. The van der Waals surface area contributed by atoms with E-state index < -0.39 is 0 Å². The molecule has 0 bridgehead atoms. The van der Waals surface area contributed by atoms with Gasteiger partial charge in [-0.3, -0.25) is 0 Å². The van der Waals surface area contributed by atoms with Crippen LogP contribution in [-0.4, -0.2) is 19.9 Å². The second-order valence-corrected chi connectivity index (χ2v) is 6.20. The van der Waals surface area contributed by atoms with Crippen LogP contribution in [0.25, 0.3) is 20.7 Å². The van der Waals surface area contributed by atoms with Gasteiger partial charge in [-0.25, -0.2) is 19.9 Å². The number of aromatic nitrogens is 4. The molecule has 3 heterocycles. The minimum Gasteiger partial charge on any atom is -0.384 e. The molecule has 7 heteroatoms. The molecule has 0 atom stereocenters. The van der Waals surface area contributed by atoms with Crippen molar-refractivity contribution in [2.45, 2.75) is 6.54 Å². The number of hydrogen-bond donors (Lipinski definition) is 2. The molecule has 0 saturated carbocycles. The Morgan fingerprint density at radius 2 is 1.92 bits per heavy atom. The zero-order valence-corrected chi connectivity index (χ0v) is 13.5. The van der Waals surface area contributed by atoms with E-state index in [1.54, 1.807) is 29.9 Å². The lowest BCUT2D eigenvalue weighted by atomic mass is 10.2. The fourth-order valence-corrected chi connectivity index (χ4v) is 3.41. The third-order valence-corrected chi connectivity index (χ3v) is 4.62. The molecule has 0 aliphatic rings. The highest BCUT2D eigenvalue weighted by Gasteiger charge is 2.10. The third-order valence-electron chi connectivity index (χ3n) is 3.53. The number of nitrogens with two attached hydrogens (primary N) is 1. The van der Waals surface area contributed by atoms with E-state index in [0.717, 1.165) is 20.9 Å². The zero-order chi connectivity index (χ0) is 16.4. The van der Waals surface area contributed by atoms with E-state index in [0.29, 0.717) is 18.2 Å². The second-order valence-electron chi connectivity index (χ2n) is 5.17. The fourth-order valence-electron chi connectivity index (χ4n) is 2.40. The topological polar surface area (TPSA) is 89.6 Å². The van der Waals surface area contributed by atoms with Gasteiger partial charge in [0.25, 0.3) is 0 Å². The predicted octanol–water partition coefficient (Wildman–Crippen LogP) is 3.34. The number of anilines is 2. The summed E-state index contributed by atoms with van der Waals surface area (Å²) in [5.74, 6) is 1.85. The Kier molecular flexibility index (Phi) is 3.76. The number of nitrogen functional groups attached to an aromatic ring is 1. The fraction of sp³-hybridized carbons (Fsp3) is 0.0588. The number of nitrogens with one attached hydrogen (secondary N) is 1. The van der Waals surface area contributed by atoms with E-state index in [1.165, 1.54) is 5.56 Å². The number of nitrogens with zero attached hydrogens (tertiary/aromatic N) is 4. The summed E-state index contributed by atoms with van der Waals surface area (Å²) in [5, 5.41) is 4.26. The van der Waals surface area contributed by atoms with Gasteiger partial charge < -0.3 is 11.1 Å². The summed E-state index contributed by atoms with van der Waals surface area (Å²) in [6, 6.07) is 14.0. The van der Waals surface area contributed by atoms with Crippen LogP contribution in [0, 0.1) is 0 Å². The number of thiophene rings is 1. The van der Waals surface area contributed by atoms with E-state index in [1.807, 2.05) is 18.2 Å². The van der Waals surface area contributed by atoms with Crippen molar-refractivity contribution in [3.63, 3.8) is 0 Å². The van der Waals surface area contributed by atoms with Gasteiger partial charge in [-0.15, -0.1) is 11.3 Å². The van der Waals surface area contributed by atoms with E-state index in [9.17, 15) is 0 Å². The van der Waals surface area contributed by atoms with Crippen molar-refractivity contribution in [3.8, 4) is 10.4 Å². The minimum atomic E-state index is 0.452. The van der Waals surface area contributed by atoms with Crippen LogP contribution in [0.4, 0.5) is 11.6 Å². The molecule has 6 nitrogen and oxygen atoms in total. The van der Waals surface area contributed by atoms with Gasteiger partial charge in [0, 0.05) is 11.1 Å². The minimum absolute atomic E-state index is 0.452. The van der Waals surface area contributed by atoms with Gasteiger partial charge in [-0.05, 0) is 17.7 Å². The van der Waals surface area contributed by atoms with Gasteiger partial charge in [0.2, 0.25) is 0 Å². The lowest BCUT2D eigenvalue weighted by Crippen LogP contribution is -2.06. The molecule has 3 aromatic heterocycles. The van der Waals surface area contributed by atoms with Crippen molar-refractivity contribution in [2.75, 3.05) is 11.1 Å². The molecule has 4 rings (SSSR count). The van der Waals surface area contributed by atoms with Crippen molar-refractivity contribution in [3.05, 3.63) is 60.8 Å². The van der Waals surface area contributed by atoms with E-state index in [2.05, 4.69) is 43.5 Å². The molecule has 118 valence electrons. The standard InChI is InChI=1S/C17H14N6S/c18-14-6-7-19-15(23-14)9-20-16-12-8-13(11-4-2-1-3-5-11)24-17(12)22-10-21-16/h1-8,10H,9H2,(H2,18,19,23)(H,20,21,22). The Hall–Kier alpha value is -3.06. The van der Waals surface area contributed by atoms with Crippen LogP contribution in [0.15, 0.2) is 55.0 Å². The molecule has 0 aliphatic carbocycles. The Morgan fingerprint density at radius 1 is 1.04 bits per heavy atom.